The number of methoxy groups -OCH3 is 2. The number of nitrogens with one attached hydrogen (secondary N) is 1. The van der Waals surface area contributed by atoms with Gasteiger partial charge < -0.3 is 19.5 Å². The summed E-state index contributed by atoms with van der Waals surface area (Å²) in [5.74, 6) is 1.46. The molecule has 0 unspecified atom stereocenters. The maximum absolute atomic E-state index is 6.16. The molecule has 0 aliphatic carbocycles. The predicted molar refractivity (Wildman–Crippen MR) is 86.6 cm³/mol. The first-order chi connectivity index (χ1) is 10.2. The van der Waals surface area contributed by atoms with E-state index in [1.165, 1.54) is 0 Å². The van der Waals surface area contributed by atoms with Crippen molar-refractivity contribution < 1.29 is 14.2 Å². The van der Waals surface area contributed by atoms with E-state index < -0.39 is 0 Å². The van der Waals surface area contributed by atoms with Gasteiger partial charge in [0.1, 0.15) is 0 Å². The average Bonchev–Trinajstić information content (AvgIpc) is 2.50. The minimum Gasteiger partial charge on any atom is -0.493 e. The van der Waals surface area contributed by atoms with Crippen LogP contribution in [0.1, 0.15) is 32.3 Å². The summed E-state index contributed by atoms with van der Waals surface area (Å²) in [6.07, 6.45) is 2.09. The van der Waals surface area contributed by atoms with Crippen molar-refractivity contribution in [2.24, 2.45) is 0 Å². The molecule has 1 rings (SSSR count). The molecule has 0 aliphatic heterocycles. The largest absolute Gasteiger partial charge is 0.493 e. The van der Waals surface area contributed by atoms with E-state index in [0.29, 0.717) is 23.9 Å². The monoisotopic (exact) mass is 315 g/mol. The van der Waals surface area contributed by atoms with Crippen LogP contribution in [-0.4, -0.2) is 33.5 Å². The summed E-state index contributed by atoms with van der Waals surface area (Å²) in [7, 11) is 3.32. The molecule has 0 atom stereocenters. The molecule has 120 valence electrons. The van der Waals surface area contributed by atoms with Crippen LogP contribution in [0, 0.1) is 0 Å². The molecule has 0 aliphatic rings. The van der Waals surface area contributed by atoms with Gasteiger partial charge in [0.25, 0.3) is 0 Å². The second kappa shape index (κ2) is 9.87. The summed E-state index contributed by atoms with van der Waals surface area (Å²) in [5.41, 5.74) is 1.00. The van der Waals surface area contributed by atoms with Crippen LogP contribution in [0.15, 0.2) is 12.1 Å². The third-order valence-corrected chi connectivity index (χ3v) is 3.53. The number of hydrogen-bond donors (Lipinski definition) is 1. The Kier molecular flexibility index (Phi) is 8.50. The lowest BCUT2D eigenvalue weighted by Gasteiger charge is -2.21. The van der Waals surface area contributed by atoms with E-state index in [-0.39, 0.29) is 6.10 Å². The molecule has 4 nitrogen and oxygen atoms in total. The average molecular weight is 316 g/mol. The lowest BCUT2D eigenvalue weighted by atomic mass is 10.1. The highest BCUT2D eigenvalue weighted by atomic mass is 35.5. The van der Waals surface area contributed by atoms with E-state index in [4.69, 9.17) is 25.8 Å². The smallest absolute Gasteiger partial charge is 0.166 e. The van der Waals surface area contributed by atoms with Gasteiger partial charge >= 0.3 is 0 Å². The number of rotatable bonds is 10. The summed E-state index contributed by atoms with van der Waals surface area (Å²) in [5, 5.41) is 3.96. The van der Waals surface area contributed by atoms with Crippen LogP contribution in [0.2, 0.25) is 5.02 Å². The number of halogens is 1. The minimum atomic E-state index is 0.179. The van der Waals surface area contributed by atoms with Crippen LogP contribution in [0.5, 0.6) is 11.5 Å². The molecule has 21 heavy (non-hydrogen) atoms. The fraction of sp³-hybridized carbons (Fsp3) is 0.625. The molecule has 0 saturated carbocycles. The molecule has 0 aromatic heterocycles. The summed E-state index contributed by atoms with van der Waals surface area (Å²) >= 11 is 6.16. The van der Waals surface area contributed by atoms with Gasteiger partial charge in [0.05, 0.1) is 19.8 Å². The van der Waals surface area contributed by atoms with E-state index >= 15 is 0 Å². The van der Waals surface area contributed by atoms with Gasteiger partial charge in [-0.15, -0.1) is 0 Å². The van der Waals surface area contributed by atoms with Gasteiger partial charge in [-0.2, -0.15) is 0 Å². The normalized spacial score (nSPS) is 11.0. The molecule has 0 fully saturated rings. The van der Waals surface area contributed by atoms with E-state index in [1.807, 2.05) is 6.07 Å². The van der Waals surface area contributed by atoms with Gasteiger partial charge in [0.15, 0.2) is 11.5 Å². The van der Waals surface area contributed by atoms with Crippen molar-refractivity contribution >= 4 is 11.6 Å². The number of ether oxygens (including phenoxy) is 3. The third kappa shape index (κ3) is 5.73. The summed E-state index contributed by atoms with van der Waals surface area (Å²) in [6.45, 7) is 6.34. The quantitative estimate of drug-likeness (QED) is 0.669. The summed E-state index contributed by atoms with van der Waals surface area (Å²) in [4.78, 5) is 0. The number of hydrogen-bond acceptors (Lipinski definition) is 4. The van der Waals surface area contributed by atoms with E-state index in [0.717, 1.165) is 30.7 Å². The first kappa shape index (κ1) is 18.1. The van der Waals surface area contributed by atoms with Crippen molar-refractivity contribution in [2.45, 2.75) is 39.3 Å². The van der Waals surface area contributed by atoms with E-state index in [1.54, 1.807) is 20.3 Å². The van der Waals surface area contributed by atoms with E-state index in [2.05, 4.69) is 19.2 Å². The van der Waals surface area contributed by atoms with Crippen LogP contribution in [0.3, 0.4) is 0 Å². The lowest BCUT2D eigenvalue weighted by molar-refractivity contribution is 0.181. The van der Waals surface area contributed by atoms with Gasteiger partial charge in [-0.3, -0.25) is 0 Å². The topological polar surface area (TPSA) is 39.7 Å². The highest BCUT2D eigenvalue weighted by Gasteiger charge is 2.16. The molecule has 0 spiro atoms. The zero-order valence-corrected chi connectivity index (χ0v) is 14.1. The molecule has 0 bridgehead atoms. The van der Waals surface area contributed by atoms with Crippen molar-refractivity contribution in [3.63, 3.8) is 0 Å². The Labute approximate surface area is 132 Å². The Balaban J connectivity index is 2.93. The van der Waals surface area contributed by atoms with Crippen LogP contribution in [0.4, 0.5) is 0 Å². The number of benzene rings is 1. The first-order valence-electron chi connectivity index (χ1n) is 7.38. The Bertz CT molecular complexity index is 422. The van der Waals surface area contributed by atoms with Crippen molar-refractivity contribution in [3.8, 4) is 11.5 Å². The maximum Gasteiger partial charge on any atom is 0.166 e. The zero-order chi connectivity index (χ0) is 15.7. The molecular weight excluding hydrogens is 290 g/mol. The summed E-state index contributed by atoms with van der Waals surface area (Å²) in [6, 6.07) is 3.71. The van der Waals surface area contributed by atoms with Gasteiger partial charge in [-0.25, -0.2) is 0 Å². The van der Waals surface area contributed by atoms with Gasteiger partial charge in [-0.05, 0) is 18.9 Å². The van der Waals surface area contributed by atoms with Crippen molar-refractivity contribution in [2.75, 3.05) is 27.4 Å². The van der Waals surface area contributed by atoms with Gasteiger partial charge in [0, 0.05) is 36.9 Å². The fourth-order valence-corrected chi connectivity index (χ4v) is 2.29. The fourth-order valence-electron chi connectivity index (χ4n) is 2.06. The van der Waals surface area contributed by atoms with Crippen molar-refractivity contribution in [1.82, 2.24) is 5.32 Å². The molecule has 0 heterocycles. The van der Waals surface area contributed by atoms with Crippen molar-refractivity contribution in [3.05, 3.63) is 22.7 Å². The molecule has 0 amide bonds. The Morgan fingerprint density at radius 2 is 1.90 bits per heavy atom. The lowest BCUT2D eigenvalue weighted by Crippen LogP contribution is -2.21. The Morgan fingerprint density at radius 3 is 2.48 bits per heavy atom. The van der Waals surface area contributed by atoms with Gasteiger partial charge in [-0.1, -0.05) is 25.4 Å². The molecule has 1 aromatic carbocycles. The highest BCUT2D eigenvalue weighted by molar-refractivity contribution is 6.30. The molecule has 1 N–H and O–H groups in total. The predicted octanol–water partition coefficient (Wildman–Crippen LogP) is 3.65. The van der Waals surface area contributed by atoms with E-state index in [9.17, 15) is 0 Å². The van der Waals surface area contributed by atoms with Crippen LogP contribution in [-0.2, 0) is 11.3 Å². The first-order valence-corrected chi connectivity index (χ1v) is 7.76. The van der Waals surface area contributed by atoms with Crippen LogP contribution >= 0.6 is 11.6 Å². The second-order valence-electron chi connectivity index (χ2n) is 4.82. The highest BCUT2D eigenvalue weighted by Crippen LogP contribution is 2.36. The van der Waals surface area contributed by atoms with Crippen LogP contribution < -0.4 is 14.8 Å². The maximum atomic E-state index is 6.16. The minimum absolute atomic E-state index is 0.179. The Hall–Kier alpha value is -0.970. The summed E-state index contributed by atoms with van der Waals surface area (Å²) < 4.78 is 16.6. The second-order valence-corrected chi connectivity index (χ2v) is 5.26. The van der Waals surface area contributed by atoms with Crippen molar-refractivity contribution in [1.29, 1.82) is 0 Å². The molecular formula is C16H26ClNO3. The standard InChI is InChI=1S/C16H26ClNO3/c1-5-14(6-2)21-16-12(11-18-7-8-19-3)9-13(17)10-15(16)20-4/h9-10,14,18H,5-8,11H2,1-4H3. The SMILES string of the molecule is CCC(CC)Oc1c(CNCCOC)cc(Cl)cc1OC. The molecule has 1 aromatic rings. The molecule has 0 radical (unpaired) electrons. The Morgan fingerprint density at radius 1 is 1.19 bits per heavy atom. The molecule has 5 heteroatoms. The third-order valence-electron chi connectivity index (χ3n) is 3.31. The van der Waals surface area contributed by atoms with Gasteiger partial charge in [0.2, 0.25) is 0 Å². The molecule has 0 saturated heterocycles. The zero-order valence-electron chi connectivity index (χ0n) is 13.4. The van der Waals surface area contributed by atoms with Crippen LogP contribution in [0.25, 0.3) is 0 Å².